The van der Waals surface area contributed by atoms with E-state index in [1.54, 1.807) is 0 Å². The van der Waals surface area contributed by atoms with Crippen molar-refractivity contribution < 1.29 is 9.47 Å². The summed E-state index contributed by atoms with van der Waals surface area (Å²) >= 11 is 0. The van der Waals surface area contributed by atoms with Crippen molar-refractivity contribution in [3.05, 3.63) is 71.8 Å². The summed E-state index contributed by atoms with van der Waals surface area (Å²) in [7, 11) is 0. The van der Waals surface area contributed by atoms with Gasteiger partial charge in [0.25, 0.3) is 0 Å². The number of ether oxygens (including phenoxy) is 2. The summed E-state index contributed by atoms with van der Waals surface area (Å²) in [5.41, 5.74) is 10.5. The molecule has 3 aromatic rings. The molecule has 5 rings (SSSR count). The number of rotatable bonds is 4. The minimum atomic E-state index is 0.330. The largest absolute Gasteiger partial charge is 0.454 e. The zero-order chi connectivity index (χ0) is 19.6. The predicted molar refractivity (Wildman–Crippen MR) is 114 cm³/mol. The highest BCUT2D eigenvalue weighted by molar-refractivity contribution is 5.61. The third-order valence-electron chi connectivity index (χ3n) is 5.88. The summed E-state index contributed by atoms with van der Waals surface area (Å²) in [5.74, 6) is 2.89. The summed E-state index contributed by atoms with van der Waals surface area (Å²) in [6.45, 7) is 3.51. The first kappa shape index (κ1) is 18.0. The standard InChI is InChI=1S/C24H25N3O2/c25-24-3-1-2-21(26-24)20-7-5-18(6-8-20)19-10-12-27(13-11-19)15-17-4-9-22-23(14-17)29-16-28-22/h1-9,14,19H,10-13,15-16H2,(H2,25,26). The molecule has 1 saturated heterocycles. The molecule has 0 unspecified atom stereocenters. The molecule has 2 aromatic carbocycles. The second-order valence-electron chi connectivity index (χ2n) is 7.81. The quantitative estimate of drug-likeness (QED) is 0.717. The molecular weight excluding hydrogens is 362 g/mol. The third-order valence-corrected chi connectivity index (χ3v) is 5.88. The minimum Gasteiger partial charge on any atom is -0.454 e. The Kier molecular flexibility index (Phi) is 4.82. The molecule has 0 amide bonds. The van der Waals surface area contributed by atoms with Gasteiger partial charge in [0, 0.05) is 12.1 Å². The summed E-state index contributed by atoms with van der Waals surface area (Å²) < 4.78 is 10.9. The summed E-state index contributed by atoms with van der Waals surface area (Å²) in [4.78, 5) is 6.94. The van der Waals surface area contributed by atoms with Crippen LogP contribution in [0.2, 0.25) is 0 Å². The Morgan fingerprint density at radius 2 is 1.72 bits per heavy atom. The first-order valence-electron chi connectivity index (χ1n) is 10.2. The number of likely N-dealkylation sites (tertiary alicyclic amines) is 1. The van der Waals surface area contributed by atoms with E-state index in [0.29, 0.717) is 18.5 Å². The van der Waals surface area contributed by atoms with Crippen LogP contribution in [-0.4, -0.2) is 29.8 Å². The van der Waals surface area contributed by atoms with Crippen LogP contribution in [0.5, 0.6) is 11.5 Å². The van der Waals surface area contributed by atoms with Gasteiger partial charge in [-0.2, -0.15) is 0 Å². The van der Waals surface area contributed by atoms with E-state index in [1.807, 2.05) is 24.3 Å². The highest BCUT2D eigenvalue weighted by Gasteiger charge is 2.21. The summed E-state index contributed by atoms with van der Waals surface area (Å²) in [6, 6.07) is 20.8. The van der Waals surface area contributed by atoms with Crippen molar-refractivity contribution in [2.45, 2.75) is 25.3 Å². The van der Waals surface area contributed by atoms with E-state index in [0.717, 1.165) is 42.4 Å². The lowest BCUT2D eigenvalue weighted by Gasteiger charge is -2.32. The van der Waals surface area contributed by atoms with E-state index in [2.05, 4.69) is 46.3 Å². The number of nitrogen functional groups attached to an aromatic ring is 1. The van der Waals surface area contributed by atoms with E-state index in [-0.39, 0.29) is 0 Å². The van der Waals surface area contributed by atoms with Gasteiger partial charge in [-0.25, -0.2) is 4.98 Å². The van der Waals surface area contributed by atoms with Crippen LogP contribution in [0.3, 0.4) is 0 Å². The number of nitrogens with two attached hydrogens (primary N) is 1. The number of nitrogens with zero attached hydrogens (tertiary/aromatic N) is 2. The topological polar surface area (TPSA) is 60.6 Å². The SMILES string of the molecule is Nc1cccc(-c2ccc(C3CCN(Cc4ccc5c(c4)OCO5)CC3)cc2)n1. The molecule has 5 nitrogen and oxygen atoms in total. The van der Waals surface area contributed by atoms with Gasteiger partial charge in [0.2, 0.25) is 6.79 Å². The summed E-state index contributed by atoms with van der Waals surface area (Å²) in [5, 5.41) is 0. The maximum Gasteiger partial charge on any atom is 0.231 e. The third kappa shape index (κ3) is 3.91. The van der Waals surface area contributed by atoms with Crippen LogP contribution in [0.4, 0.5) is 5.82 Å². The van der Waals surface area contributed by atoms with Crippen LogP contribution in [0.25, 0.3) is 11.3 Å². The Hall–Kier alpha value is -3.05. The van der Waals surface area contributed by atoms with Gasteiger partial charge in [-0.05, 0) is 67.2 Å². The number of fused-ring (bicyclic) bond motifs is 1. The van der Waals surface area contributed by atoms with Crippen molar-refractivity contribution in [3.63, 3.8) is 0 Å². The fraction of sp³-hybridized carbons (Fsp3) is 0.292. The lowest BCUT2D eigenvalue weighted by atomic mass is 9.88. The van der Waals surface area contributed by atoms with Crippen molar-refractivity contribution in [1.82, 2.24) is 9.88 Å². The van der Waals surface area contributed by atoms with Crippen molar-refractivity contribution in [1.29, 1.82) is 0 Å². The van der Waals surface area contributed by atoms with Crippen LogP contribution in [0.1, 0.15) is 29.9 Å². The second-order valence-corrected chi connectivity index (χ2v) is 7.81. The molecule has 1 fully saturated rings. The summed E-state index contributed by atoms with van der Waals surface area (Å²) in [6.07, 6.45) is 2.36. The van der Waals surface area contributed by atoms with Gasteiger partial charge < -0.3 is 15.2 Å². The Bertz CT molecular complexity index is 995. The van der Waals surface area contributed by atoms with Crippen LogP contribution < -0.4 is 15.2 Å². The maximum atomic E-state index is 5.81. The van der Waals surface area contributed by atoms with Gasteiger partial charge in [-0.1, -0.05) is 36.4 Å². The molecule has 5 heteroatoms. The van der Waals surface area contributed by atoms with Gasteiger partial charge in [0.15, 0.2) is 11.5 Å². The molecule has 2 N–H and O–H groups in total. The van der Waals surface area contributed by atoms with E-state index in [1.165, 1.54) is 24.0 Å². The fourth-order valence-corrected chi connectivity index (χ4v) is 4.26. The second kappa shape index (κ2) is 7.76. The number of pyridine rings is 1. The van der Waals surface area contributed by atoms with Crippen LogP contribution >= 0.6 is 0 Å². The lowest BCUT2D eigenvalue weighted by molar-refractivity contribution is 0.173. The molecular formula is C24H25N3O2. The van der Waals surface area contributed by atoms with E-state index >= 15 is 0 Å². The molecule has 0 spiro atoms. The highest BCUT2D eigenvalue weighted by atomic mass is 16.7. The monoisotopic (exact) mass is 387 g/mol. The van der Waals surface area contributed by atoms with Crippen LogP contribution in [0, 0.1) is 0 Å². The number of aromatic nitrogens is 1. The van der Waals surface area contributed by atoms with Gasteiger partial charge in [-0.15, -0.1) is 0 Å². The van der Waals surface area contributed by atoms with E-state index < -0.39 is 0 Å². The van der Waals surface area contributed by atoms with E-state index in [9.17, 15) is 0 Å². The van der Waals surface area contributed by atoms with Gasteiger partial charge in [0.05, 0.1) is 5.69 Å². The van der Waals surface area contributed by atoms with Gasteiger partial charge in [0.1, 0.15) is 5.82 Å². The molecule has 0 radical (unpaired) electrons. The number of hydrogen-bond donors (Lipinski definition) is 1. The smallest absolute Gasteiger partial charge is 0.231 e. The zero-order valence-corrected chi connectivity index (χ0v) is 16.4. The molecule has 29 heavy (non-hydrogen) atoms. The van der Waals surface area contributed by atoms with Gasteiger partial charge >= 0.3 is 0 Å². The minimum absolute atomic E-state index is 0.330. The van der Waals surface area contributed by atoms with Crippen LogP contribution in [0.15, 0.2) is 60.7 Å². The maximum absolute atomic E-state index is 5.81. The fourth-order valence-electron chi connectivity index (χ4n) is 4.26. The lowest BCUT2D eigenvalue weighted by Crippen LogP contribution is -2.32. The van der Waals surface area contributed by atoms with Crippen LogP contribution in [-0.2, 0) is 6.54 Å². The Labute approximate surface area is 171 Å². The average molecular weight is 387 g/mol. The first-order chi connectivity index (χ1) is 14.2. The normalized spacial score (nSPS) is 16.8. The van der Waals surface area contributed by atoms with Crippen molar-refractivity contribution in [2.75, 3.05) is 25.6 Å². The number of benzene rings is 2. The molecule has 148 valence electrons. The average Bonchev–Trinajstić information content (AvgIpc) is 3.22. The van der Waals surface area contributed by atoms with Crippen molar-refractivity contribution in [2.24, 2.45) is 0 Å². The van der Waals surface area contributed by atoms with E-state index in [4.69, 9.17) is 15.2 Å². The predicted octanol–water partition coefficient (Wildman–Crippen LogP) is 4.44. The number of piperidine rings is 1. The molecule has 1 aromatic heterocycles. The molecule has 0 aliphatic carbocycles. The molecule has 0 bridgehead atoms. The molecule has 2 aliphatic rings. The highest BCUT2D eigenvalue weighted by Crippen LogP contribution is 2.34. The molecule has 0 saturated carbocycles. The molecule has 3 heterocycles. The molecule has 0 atom stereocenters. The van der Waals surface area contributed by atoms with Crippen molar-refractivity contribution >= 4 is 5.82 Å². The number of anilines is 1. The van der Waals surface area contributed by atoms with Crippen molar-refractivity contribution in [3.8, 4) is 22.8 Å². The Morgan fingerprint density at radius 3 is 2.52 bits per heavy atom. The Morgan fingerprint density at radius 1 is 0.931 bits per heavy atom. The molecule has 2 aliphatic heterocycles. The Balaban J connectivity index is 1.19. The zero-order valence-electron chi connectivity index (χ0n) is 16.4. The first-order valence-corrected chi connectivity index (χ1v) is 10.2. The van der Waals surface area contributed by atoms with Gasteiger partial charge in [-0.3, -0.25) is 4.90 Å². The number of hydrogen-bond acceptors (Lipinski definition) is 5.